The van der Waals surface area contributed by atoms with Gasteiger partial charge in [-0.15, -0.1) is 11.3 Å². The number of benzene rings is 2. The van der Waals surface area contributed by atoms with Crippen molar-refractivity contribution in [1.29, 1.82) is 0 Å². The molecule has 0 radical (unpaired) electrons. The number of hydrogen-bond donors (Lipinski definition) is 1. The lowest BCUT2D eigenvalue weighted by Crippen LogP contribution is -2.07. The number of nitrogens with zero attached hydrogens (tertiary/aromatic N) is 1. The minimum absolute atomic E-state index is 0.292. The van der Waals surface area contributed by atoms with Gasteiger partial charge >= 0.3 is 0 Å². The Labute approximate surface area is 170 Å². The van der Waals surface area contributed by atoms with E-state index < -0.39 is 0 Å². The Morgan fingerprint density at radius 2 is 1.85 bits per heavy atom. The van der Waals surface area contributed by atoms with Crippen molar-refractivity contribution in [2.45, 2.75) is 6.42 Å². The summed E-state index contributed by atoms with van der Waals surface area (Å²) in [7, 11) is 0. The lowest BCUT2D eigenvalue weighted by atomic mass is 10.1. The second-order valence-electron chi connectivity index (χ2n) is 5.37. The number of nitrogens with one attached hydrogen (secondary N) is 1. The van der Waals surface area contributed by atoms with Gasteiger partial charge in [0.25, 0.3) is 0 Å². The molecule has 3 rings (SSSR count). The van der Waals surface area contributed by atoms with E-state index in [9.17, 15) is 4.79 Å². The van der Waals surface area contributed by atoms with Gasteiger partial charge in [0.05, 0.1) is 10.0 Å². The quantitative estimate of drug-likeness (QED) is 0.486. The Kier molecular flexibility index (Phi) is 6.33. The maximum atomic E-state index is 12.1. The molecule has 0 fully saturated rings. The van der Waals surface area contributed by atoms with E-state index in [1.165, 1.54) is 17.4 Å². The van der Waals surface area contributed by atoms with Gasteiger partial charge in [-0.1, -0.05) is 65.1 Å². The van der Waals surface area contributed by atoms with Crippen molar-refractivity contribution >= 4 is 63.3 Å². The maximum absolute atomic E-state index is 12.1. The first kappa shape index (κ1) is 18.9. The third kappa shape index (κ3) is 4.86. The molecule has 1 heterocycles. The van der Waals surface area contributed by atoms with Gasteiger partial charge < -0.3 is 0 Å². The first-order valence-electron chi connectivity index (χ1n) is 7.64. The van der Waals surface area contributed by atoms with E-state index in [1.807, 2.05) is 24.3 Å². The Hall–Kier alpha value is -1.85. The van der Waals surface area contributed by atoms with Crippen LogP contribution in [0.3, 0.4) is 0 Å². The lowest BCUT2D eigenvalue weighted by molar-refractivity contribution is -0.111. The van der Waals surface area contributed by atoms with Crippen LogP contribution in [0.25, 0.3) is 6.08 Å². The number of anilines is 1. The van der Waals surface area contributed by atoms with Crippen molar-refractivity contribution in [2.24, 2.45) is 0 Å². The number of hydrogen-bond acceptors (Lipinski definition) is 3. The topological polar surface area (TPSA) is 42.0 Å². The van der Waals surface area contributed by atoms with E-state index in [0.29, 0.717) is 32.2 Å². The van der Waals surface area contributed by atoms with Gasteiger partial charge in [-0.25, -0.2) is 4.98 Å². The second-order valence-corrected chi connectivity index (χ2v) is 7.67. The van der Waals surface area contributed by atoms with Gasteiger partial charge in [-0.05, 0) is 29.3 Å². The zero-order valence-corrected chi connectivity index (χ0v) is 16.5. The van der Waals surface area contributed by atoms with Crippen LogP contribution in [-0.4, -0.2) is 10.9 Å². The number of halogens is 3. The van der Waals surface area contributed by atoms with Crippen molar-refractivity contribution in [3.63, 3.8) is 0 Å². The minimum atomic E-state index is -0.292. The van der Waals surface area contributed by atoms with Crippen LogP contribution in [0, 0.1) is 0 Å². The van der Waals surface area contributed by atoms with Crippen molar-refractivity contribution in [2.75, 3.05) is 5.32 Å². The first-order valence-corrected chi connectivity index (χ1v) is 9.59. The summed E-state index contributed by atoms with van der Waals surface area (Å²) in [5.74, 6) is -0.292. The fourth-order valence-electron chi connectivity index (χ4n) is 2.24. The predicted octanol–water partition coefficient (Wildman–Crippen LogP) is 6.35. The molecule has 0 saturated heterocycles. The summed E-state index contributed by atoms with van der Waals surface area (Å²) in [5, 5.41) is 4.84. The Balaban J connectivity index is 1.63. The number of aromatic nitrogens is 1. The van der Waals surface area contributed by atoms with Gasteiger partial charge in [0.1, 0.15) is 0 Å². The molecule has 0 aliphatic carbocycles. The van der Waals surface area contributed by atoms with Crippen molar-refractivity contribution < 1.29 is 4.79 Å². The van der Waals surface area contributed by atoms with Crippen LogP contribution in [-0.2, 0) is 11.2 Å². The number of rotatable bonds is 5. The minimum Gasteiger partial charge on any atom is -0.298 e. The molecule has 132 valence electrons. The smallest absolute Gasteiger partial charge is 0.250 e. The summed E-state index contributed by atoms with van der Waals surface area (Å²) in [4.78, 5) is 17.3. The molecule has 0 aliphatic rings. The predicted molar refractivity (Wildman–Crippen MR) is 110 cm³/mol. The summed E-state index contributed by atoms with van der Waals surface area (Å²) in [6.07, 6.45) is 5.41. The lowest BCUT2D eigenvalue weighted by Gasteiger charge is -2.01. The van der Waals surface area contributed by atoms with Crippen LogP contribution in [0.5, 0.6) is 0 Å². The third-order valence-corrected chi connectivity index (χ3v) is 5.62. The Morgan fingerprint density at radius 1 is 1.08 bits per heavy atom. The van der Waals surface area contributed by atoms with E-state index >= 15 is 0 Å². The Bertz CT molecular complexity index is 969. The molecule has 1 N–H and O–H groups in total. The van der Waals surface area contributed by atoms with E-state index in [-0.39, 0.29) is 5.91 Å². The molecule has 3 nitrogen and oxygen atoms in total. The highest BCUT2D eigenvalue weighted by atomic mass is 35.5. The summed E-state index contributed by atoms with van der Waals surface area (Å²) in [5.41, 5.74) is 1.69. The Morgan fingerprint density at radius 3 is 2.65 bits per heavy atom. The SMILES string of the molecule is O=C(C=Cc1cccc(Cl)c1Cl)Nc1ncc(Cc2ccccc2Cl)s1. The van der Waals surface area contributed by atoms with Gasteiger partial charge in [0.2, 0.25) is 5.91 Å². The van der Waals surface area contributed by atoms with Gasteiger partial charge in [0, 0.05) is 28.6 Å². The van der Waals surface area contributed by atoms with Crippen molar-refractivity contribution in [1.82, 2.24) is 4.98 Å². The van der Waals surface area contributed by atoms with Crippen LogP contribution >= 0.6 is 46.1 Å². The standard InChI is InChI=1S/C19H13Cl3N2OS/c20-15-6-2-1-4-13(15)10-14-11-23-19(26-14)24-17(25)9-8-12-5-3-7-16(21)18(12)22/h1-9,11H,10H2,(H,23,24,25). The van der Waals surface area contributed by atoms with Crippen molar-refractivity contribution in [3.05, 3.63) is 85.8 Å². The number of carbonyl (C=O) groups excluding carboxylic acids is 1. The van der Waals surface area contributed by atoms with Crippen LogP contribution in [0.2, 0.25) is 15.1 Å². The summed E-state index contributed by atoms with van der Waals surface area (Å²) in [6.45, 7) is 0. The average molecular weight is 424 g/mol. The molecule has 7 heteroatoms. The number of amides is 1. The molecule has 0 atom stereocenters. The van der Waals surface area contributed by atoms with E-state index in [4.69, 9.17) is 34.8 Å². The fourth-order valence-corrected chi connectivity index (χ4v) is 3.65. The molecular weight excluding hydrogens is 411 g/mol. The molecule has 1 aromatic heterocycles. The highest BCUT2D eigenvalue weighted by Gasteiger charge is 2.08. The molecule has 0 spiro atoms. The van der Waals surface area contributed by atoms with Crippen molar-refractivity contribution in [3.8, 4) is 0 Å². The highest BCUT2D eigenvalue weighted by molar-refractivity contribution is 7.15. The molecule has 0 unspecified atom stereocenters. The monoisotopic (exact) mass is 422 g/mol. The molecule has 3 aromatic rings. The molecular formula is C19H13Cl3N2OS. The molecule has 26 heavy (non-hydrogen) atoms. The van der Waals surface area contributed by atoms with E-state index in [1.54, 1.807) is 30.5 Å². The van der Waals surface area contributed by atoms with Crippen LogP contribution in [0.1, 0.15) is 16.0 Å². The highest BCUT2D eigenvalue weighted by Crippen LogP contribution is 2.27. The van der Waals surface area contributed by atoms with Crippen LogP contribution < -0.4 is 5.32 Å². The zero-order chi connectivity index (χ0) is 18.5. The second kappa shape index (κ2) is 8.69. The maximum Gasteiger partial charge on any atom is 0.250 e. The number of carbonyl (C=O) groups is 1. The number of thiazole rings is 1. The average Bonchev–Trinajstić information content (AvgIpc) is 3.05. The zero-order valence-electron chi connectivity index (χ0n) is 13.4. The van der Waals surface area contributed by atoms with Crippen LogP contribution in [0.4, 0.5) is 5.13 Å². The summed E-state index contributed by atoms with van der Waals surface area (Å²) in [6, 6.07) is 12.9. The van der Waals surface area contributed by atoms with Gasteiger partial charge in [-0.2, -0.15) is 0 Å². The molecule has 2 aromatic carbocycles. The first-order chi connectivity index (χ1) is 12.5. The van der Waals surface area contributed by atoms with E-state index in [2.05, 4.69) is 10.3 Å². The third-order valence-electron chi connectivity index (χ3n) is 3.50. The molecule has 0 saturated carbocycles. The van der Waals surface area contributed by atoms with Gasteiger partial charge in [-0.3, -0.25) is 10.1 Å². The summed E-state index contributed by atoms with van der Waals surface area (Å²) >= 11 is 19.6. The molecule has 1 amide bonds. The largest absolute Gasteiger partial charge is 0.298 e. The van der Waals surface area contributed by atoms with E-state index in [0.717, 1.165) is 10.4 Å². The fraction of sp³-hybridized carbons (Fsp3) is 0.0526. The molecule has 0 bridgehead atoms. The molecule has 0 aliphatic heterocycles. The van der Waals surface area contributed by atoms with Crippen LogP contribution in [0.15, 0.2) is 54.7 Å². The summed E-state index contributed by atoms with van der Waals surface area (Å²) < 4.78 is 0. The van der Waals surface area contributed by atoms with Gasteiger partial charge in [0.15, 0.2) is 5.13 Å². The normalized spacial score (nSPS) is 11.0.